The highest BCUT2D eigenvalue weighted by Crippen LogP contribution is 2.52. The van der Waals surface area contributed by atoms with Gasteiger partial charge in [-0.1, -0.05) is 93.6 Å². The number of nitrogens with zero attached hydrogens (tertiary/aromatic N) is 12. The molecule has 12 nitrogen and oxygen atoms in total. The first kappa shape index (κ1) is 50.0. The van der Waals surface area contributed by atoms with E-state index in [1.807, 2.05) is 48.5 Å². The number of benzene rings is 9. The number of halogens is 1. The van der Waals surface area contributed by atoms with Crippen LogP contribution < -0.4 is 0 Å². The van der Waals surface area contributed by atoms with E-state index in [1.54, 1.807) is 49.6 Å². The van der Waals surface area contributed by atoms with Crippen LogP contribution in [0.5, 0.6) is 0 Å². The molecule has 9 aromatic carbocycles. The Morgan fingerprint density at radius 1 is 0.264 bits per heavy atom. The van der Waals surface area contributed by atoms with E-state index in [-0.39, 0.29) is 0 Å². The molecule has 0 saturated heterocycles. The zero-order valence-corrected chi connectivity index (χ0v) is 47.3. The van der Waals surface area contributed by atoms with Gasteiger partial charge in [-0.25, -0.2) is 44.3 Å². The predicted molar refractivity (Wildman–Crippen MR) is 347 cm³/mol. The number of para-hydroxylation sites is 4. The van der Waals surface area contributed by atoms with E-state index in [0.717, 1.165) is 115 Å². The van der Waals surface area contributed by atoms with E-state index in [1.165, 1.54) is 0 Å². The molecular weight excluding hydrogens is 1080 g/mol. The van der Waals surface area contributed by atoms with Crippen LogP contribution in [-0.2, 0) is 5.41 Å². The Morgan fingerprint density at radius 3 is 0.747 bits per heavy atom. The lowest BCUT2D eigenvalue weighted by Crippen LogP contribution is -2.24. The molecule has 0 saturated carbocycles. The van der Waals surface area contributed by atoms with Gasteiger partial charge in [-0.3, -0.25) is 0 Å². The number of hydrogen-bond acceptors (Lipinski definition) is 8. The van der Waals surface area contributed by atoms with Crippen LogP contribution in [-0.4, -0.2) is 58.1 Å². The third kappa shape index (κ3) is 7.62. The van der Waals surface area contributed by atoms with Crippen LogP contribution in [0, 0.1) is 5.82 Å². The van der Waals surface area contributed by atoms with E-state index < -0.39 is 11.2 Å². The zero-order valence-electron chi connectivity index (χ0n) is 47.3. The summed E-state index contributed by atoms with van der Waals surface area (Å²) in [7, 11) is 0. The van der Waals surface area contributed by atoms with Crippen molar-refractivity contribution < 1.29 is 4.39 Å². The molecule has 17 rings (SSSR count). The van der Waals surface area contributed by atoms with Crippen molar-refractivity contribution in [2.24, 2.45) is 0 Å². The fourth-order valence-electron chi connectivity index (χ4n) is 13.4. The molecule has 0 amide bonds. The van der Waals surface area contributed by atoms with Crippen LogP contribution in [0.2, 0.25) is 0 Å². The average molecular weight is 1130 g/mol. The molecule has 8 heterocycles. The van der Waals surface area contributed by atoms with Crippen molar-refractivity contribution in [3.05, 3.63) is 255 Å². The van der Waals surface area contributed by atoms with Crippen LogP contribution in [0.25, 0.3) is 156 Å². The molecule has 0 bridgehead atoms. The Morgan fingerprint density at radius 2 is 0.494 bits per heavy atom. The standard InChI is InChI=1S/C74H49FN12/c1-74(2,3)64-66(84-60-28-24-44(70-76-32-12-33-77-70)40-52(60)53-41-45(25-29-61(53)84)71-78-34-13-35-79-71)68(86-56-20-8-4-16-48(56)49-17-5-9-21-57(49)86)65(75)69(87-58-22-10-6-18-50(58)51-19-7-11-23-59(51)87)67(64)85-62-30-26-46(72-80-36-14-37-81-72)42-54(62)55-43-47(27-31-63(55)85)73-82-38-15-39-83-73/h4-43H,1-3H3. The van der Waals surface area contributed by atoms with Gasteiger partial charge in [0.2, 0.25) is 0 Å². The third-order valence-electron chi connectivity index (χ3n) is 17.0. The van der Waals surface area contributed by atoms with Crippen molar-refractivity contribution in [3.63, 3.8) is 0 Å². The molecule has 0 aliphatic carbocycles. The number of aromatic nitrogens is 12. The van der Waals surface area contributed by atoms with Crippen molar-refractivity contribution in [1.29, 1.82) is 0 Å². The molecule has 0 unspecified atom stereocenters. The second-order valence-electron chi connectivity index (χ2n) is 23.0. The monoisotopic (exact) mass is 1120 g/mol. The van der Waals surface area contributed by atoms with Crippen molar-refractivity contribution in [1.82, 2.24) is 58.1 Å². The minimum Gasteiger partial charge on any atom is -0.307 e. The molecule has 0 aliphatic heterocycles. The summed E-state index contributed by atoms with van der Waals surface area (Å²) < 4.78 is 30.3. The summed E-state index contributed by atoms with van der Waals surface area (Å²) in [5.41, 5.74) is 12.4. The Hall–Kier alpha value is -11.6. The van der Waals surface area contributed by atoms with Crippen molar-refractivity contribution in [2.45, 2.75) is 26.2 Å². The molecule has 412 valence electrons. The first-order valence-electron chi connectivity index (χ1n) is 28.9. The van der Waals surface area contributed by atoms with Crippen molar-refractivity contribution in [3.8, 4) is 68.3 Å². The lowest BCUT2D eigenvalue weighted by Gasteiger charge is -2.33. The summed E-state index contributed by atoms with van der Waals surface area (Å²) in [6, 6.07) is 66.2. The second kappa shape index (κ2) is 19.2. The Labute approximate surface area is 496 Å². The summed E-state index contributed by atoms with van der Waals surface area (Å²) in [6.45, 7) is 6.77. The van der Waals surface area contributed by atoms with Gasteiger partial charge in [0.05, 0.1) is 55.5 Å². The Balaban J connectivity index is 1.14. The molecule has 0 aliphatic rings. The quantitative estimate of drug-likeness (QED) is 0.147. The van der Waals surface area contributed by atoms with Crippen molar-refractivity contribution in [2.75, 3.05) is 0 Å². The highest BCUT2D eigenvalue weighted by Gasteiger charge is 2.38. The molecule has 0 atom stereocenters. The summed E-state index contributed by atoms with van der Waals surface area (Å²) in [4.78, 5) is 37.9. The lowest BCUT2D eigenvalue weighted by molar-refractivity contribution is 0.571. The van der Waals surface area contributed by atoms with Crippen LogP contribution in [0.3, 0.4) is 0 Å². The van der Waals surface area contributed by atoms with Gasteiger partial charge in [0.15, 0.2) is 29.1 Å². The molecule has 17 aromatic rings. The Bertz CT molecular complexity index is 4990. The molecule has 0 fully saturated rings. The predicted octanol–water partition coefficient (Wildman–Crippen LogP) is 17.3. The van der Waals surface area contributed by atoms with E-state index >= 15 is 4.39 Å². The second-order valence-corrected chi connectivity index (χ2v) is 23.0. The molecule has 0 radical (unpaired) electrons. The molecular formula is C74H49FN12. The van der Waals surface area contributed by atoms with E-state index in [0.29, 0.717) is 46.0 Å². The lowest BCUT2D eigenvalue weighted by atomic mass is 9.82. The molecule has 87 heavy (non-hydrogen) atoms. The van der Waals surface area contributed by atoms with Crippen LogP contribution in [0.4, 0.5) is 4.39 Å². The fraction of sp³-hybridized carbons (Fsp3) is 0.0541. The van der Waals surface area contributed by atoms with Gasteiger partial charge in [-0.2, -0.15) is 0 Å². The molecule has 0 spiro atoms. The molecule has 0 N–H and O–H groups in total. The first-order valence-corrected chi connectivity index (χ1v) is 28.9. The molecule has 13 heteroatoms. The molecule has 8 aromatic heterocycles. The number of rotatable bonds is 8. The minimum absolute atomic E-state index is 0.385. The maximum Gasteiger partial charge on any atom is 0.175 e. The largest absolute Gasteiger partial charge is 0.307 e. The van der Waals surface area contributed by atoms with Gasteiger partial charge in [-0.05, 0) is 127 Å². The van der Waals surface area contributed by atoms with Gasteiger partial charge in [0.1, 0.15) is 11.4 Å². The van der Waals surface area contributed by atoms with Crippen LogP contribution >= 0.6 is 0 Å². The summed E-state index contributed by atoms with van der Waals surface area (Å²) in [6.07, 6.45) is 14.1. The van der Waals surface area contributed by atoms with E-state index in [4.69, 9.17) is 39.9 Å². The maximum absolute atomic E-state index is 21.4. The SMILES string of the molecule is CC(C)(C)c1c(-n2c3ccc(-c4ncccn4)cc3c3cc(-c4ncccn4)ccc32)c(-n2c3ccccc3c3ccccc32)c(F)c(-n2c3ccccc3c3ccccc32)c1-n1c2ccc(-c3ncccn3)cc2c2cc(-c3ncccn3)ccc21. The highest BCUT2D eigenvalue weighted by atomic mass is 19.1. The van der Waals surface area contributed by atoms with E-state index in [2.05, 4.69) is 185 Å². The van der Waals surface area contributed by atoms with E-state index in [9.17, 15) is 0 Å². The van der Waals surface area contributed by atoms with Crippen LogP contribution in [0.1, 0.15) is 26.3 Å². The zero-order chi connectivity index (χ0) is 58.1. The summed E-state index contributed by atoms with van der Waals surface area (Å²) >= 11 is 0. The van der Waals surface area contributed by atoms with Gasteiger partial charge in [-0.15, -0.1) is 0 Å². The normalized spacial score (nSPS) is 12.1. The van der Waals surface area contributed by atoms with Crippen LogP contribution in [0.15, 0.2) is 244 Å². The summed E-state index contributed by atoms with van der Waals surface area (Å²) in [5, 5.41) is 7.65. The topological polar surface area (TPSA) is 123 Å². The minimum atomic E-state index is -0.767. The average Bonchev–Trinajstić information content (AvgIpc) is 1.72. The highest BCUT2D eigenvalue weighted by molar-refractivity contribution is 6.16. The number of hydrogen-bond donors (Lipinski definition) is 0. The van der Waals surface area contributed by atoms with Crippen molar-refractivity contribution >= 4 is 87.2 Å². The van der Waals surface area contributed by atoms with Gasteiger partial charge < -0.3 is 18.3 Å². The van der Waals surface area contributed by atoms with Gasteiger partial charge in [0.25, 0.3) is 0 Å². The smallest absolute Gasteiger partial charge is 0.175 e. The maximum atomic E-state index is 21.4. The fourth-order valence-corrected chi connectivity index (χ4v) is 13.4. The van der Waals surface area contributed by atoms with Gasteiger partial charge in [0, 0.05) is 120 Å². The number of fused-ring (bicyclic) bond motifs is 12. The third-order valence-corrected chi connectivity index (χ3v) is 17.0. The van der Waals surface area contributed by atoms with Gasteiger partial charge >= 0.3 is 0 Å². The first-order chi connectivity index (χ1) is 42.8. The summed E-state index contributed by atoms with van der Waals surface area (Å²) in [5.74, 6) is 1.92. The Kier molecular flexibility index (Phi) is 11.1.